The zero-order valence-corrected chi connectivity index (χ0v) is 12.6. The monoisotopic (exact) mass is 339 g/mol. The summed E-state index contributed by atoms with van der Waals surface area (Å²) < 4.78 is 4.81. The standard InChI is InChI=1S/C13H13N3O8/c1-8(2)13(17)24-5-3-4-9-6-11(15(20)21)12(16(22)23)7-10(9)14(18)19/h6-7H,1,3-5H2,2H3. The van der Waals surface area contributed by atoms with E-state index in [-0.39, 0.29) is 30.6 Å². The van der Waals surface area contributed by atoms with Gasteiger partial charge in [-0.1, -0.05) is 6.58 Å². The van der Waals surface area contributed by atoms with Crippen LogP contribution in [0.1, 0.15) is 18.9 Å². The molecular weight excluding hydrogens is 326 g/mol. The van der Waals surface area contributed by atoms with Crippen LogP contribution in [0.3, 0.4) is 0 Å². The molecule has 0 atom stereocenters. The molecule has 128 valence electrons. The van der Waals surface area contributed by atoms with E-state index in [1.807, 2.05) is 0 Å². The molecular formula is C13H13N3O8. The fraction of sp³-hybridized carbons (Fsp3) is 0.308. The molecule has 0 aliphatic carbocycles. The predicted molar refractivity (Wildman–Crippen MR) is 80.5 cm³/mol. The molecule has 0 N–H and O–H groups in total. The lowest BCUT2D eigenvalue weighted by Gasteiger charge is -2.05. The highest BCUT2D eigenvalue weighted by atomic mass is 16.6. The summed E-state index contributed by atoms with van der Waals surface area (Å²) in [6, 6.07) is 1.37. The van der Waals surface area contributed by atoms with Gasteiger partial charge in [0.05, 0.1) is 21.4 Å². The zero-order valence-electron chi connectivity index (χ0n) is 12.6. The largest absolute Gasteiger partial charge is 0.462 e. The van der Waals surface area contributed by atoms with Gasteiger partial charge in [0, 0.05) is 17.2 Å². The molecule has 1 rings (SSSR count). The van der Waals surface area contributed by atoms with Gasteiger partial charge in [0.1, 0.15) is 6.07 Å². The Kier molecular flexibility index (Phi) is 6.04. The first-order valence-electron chi connectivity index (χ1n) is 6.57. The number of nitrogens with zero attached hydrogens (tertiary/aromatic N) is 3. The van der Waals surface area contributed by atoms with E-state index in [4.69, 9.17) is 4.74 Å². The number of benzene rings is 1. The van der Waals surface area contributed by atoms with Crippen molar-refractivity contribution < 1.29 is 24.3 Å². The highest BCUT2D eigenvalue weighted by Crippen LogP contribution is 2.34. The van der Waals surface area contributed by atoms with E-state index in [0.717, 1.165) is 6.07 Å². The molecule has 1 aromatic carbocycles. The van der Waals surface area contributed by atoms with E-state index >= 15 is 0 Å². The second kappa shape index (κ2) is 7.76. The zero-order chi connectivity index (χ0) is 18.4. The SMILES string of the molecule is C=C(C)C(=O)OCCCc1cc([N+](=O)[O-])c([N+](=O)[O-])cc1[N+](=O)[O-]. The number of hydrogen-bond acceptors (Lipinski definition) is 8. The Morgan fingerprint density at radius 3 is 2.00 bits per heavy atom. The third kappa shape index (κ3) is 4.56. The summed E-state index contributed by atoms with van der Waals surface area (Å²) in [6.07, 6.45) is 0.118. The van der Waals surface area contributed by atoms with Gasteiger partial charge in [-0.3, -0.25) is 30.3 Å². The lowest BCUT2D eigenvalue weighted by Crippen LogP contribution is -2.08. The molecule has 0 aliphatic rings. The summed E-state index contributed by atoms with van der Waals surface area (Å²) in [6.45, 7) is 4.76. The highest BCUT2D eigenvalue weighted by Gasteiger charge is 2.30. The number of esters is 1. The Morgan fingerprint density at radius 2 is 1.54 bits per heavy atom. The lowest BCUT2D eigenvalue weighted by molar-refractivity contribution is -0.424. The van der Waals surface area contributed by atoms with Gasteiger partial charge in [-0.05, 0) is 19.8 Å². The van der Waals surface area contributed by atoms with Crippen molar-refractivity contribution in [1.29, 1.82) is 0 Å². The van der Waals surface area contributed by atoms with Crippen molar-refractivity contribution >= 4 is 23.0 Å². The molecule has 0 aliphatic heterocycles. The Morgan fingerprint density at radius 1 is 1.04 bits per heavy atom. The summed E-state index contributed by atoms with van der Waals surface area (Å²) in [5.41, 5.74) is -2.25. The van der Waals surface area contributed by atoms with Crippen molar-refractivity contribution in [3.8, 4) is 0 Å². The van der Waals surface area contributed by atoms with Gasteiger partial charge in [-0.25, -0.2) is 4.79 Å². The molecule has 1 aromatic rings. The summed E-state index contributed by atoms with van der Waals surface area (Å²) in [7, 11) is 0. The third-order valence-electron chi connectivity index (χ3n) is 2.94. The average molecular weight is 339 g/mol. The molecule has 11 nitrogen and oxygen atoms in total. The van der Waals surface area contributed by atoms with Gasteiger partial charge < -0.3 is 4.74 Å². The van der Waals surface area contributed by atoms with E-state index in [1.165, 1.54) is 6.92 Å². The summed E-state index contributed by atoms with van der Waals surface area (Å²) >= 11 is 0. The number of carbonyl (C=O) groups excluding carboxylic acids is 1. The number of hydrogen-bond donors (Lipinski definition) is 0. The van der Waals surface area contributed by atoms with Crippen LogP contribution in [0, 0.1) is 30.3 Å². The Hall–Kier alpha value is -3.37. The van der Waals surface area contributed by atoms with Crippen LogP contribution in [0.2, 0.25) is 0 Å². The van der Waals surface area contributed by atoms with E-state index in [0.29, 0.717) is 6.07 Å². The number of nitro groups is 3. The number of nitro benzene ring substituents is 3. The van der Waals surface area contributed by atoms with Crippen LogP contribution >= 0.6 is 0 Å². The average Bonchev–Trinajstić information content (AvgIpc) is 2.49. The predicted octanol–water partition coefficient (Wildman–Crippen LogP) is 2.46. The lowest BCUT2D eigenvalue weighted by atomic mass is 10.1. The van der Waals surface area contributed by atoms with Crippen LogP contribution in [0.15, 0.2) is 24.3 Å². The minimum atomic E-state index is -1.05. The number of aryl methyl sites for hydroxylation is 1. The van der Waals surface area contributed by atoms with Gasteiger partial charge in [-0.15, -0.1) is 0 Å². The van der Waals surface area contributed by atoms with Crippen LogP contribution in [0.5, 0.6) is 0 Å². The second-order valence-electron chi connectivity index (χ2n) is 4.76. The normalized spacial score (nSPS) is 10.0. The summed E-state index contributed by atoms with van der Waals surface area (Å²) in [5, 5.41) is 32.8. The molecule has 0 amide bonds. The quantitative estimate of drug-likeness (QED) is 0.230. The van der Waals surface area contributed by atoms with E-state index in [1.54, 1.807) is 0 Å². The third-order valence-corrected chi connectivity index (χ3v) is 2.94. The van der Waals surface area contributed by atoms with E-state index in [9.17, 15) is 35.1 Å². The van der Waals surface area contributed by atoms with Crippen molar-refractivity contribution in [3.05, 3.63) is 60.2 Å². The maximum absolute atomic E-state index is 11.2. The van der Waals surface area contributed by atoms with Crippen molar-refractivity contribution in [2.24, 2.45) is 0 Å². The molecule has 0 fully saturated rings. The fourth-order valence-corrected chi connectivity index (χ4v) is 1.82. The first kappa shape index (κ1) is 18.7. The molecule has 0 saturated carbocycles. The molecule has 0 bridgehead atoms. The topological polar surface area (TPSA) is 156 Å². The first-order valence-corrected chi connectivity index (χ1v) is 6.57. The van der Waals surface area contributed by atoms with Crippen molar-refractivity contribution in [1.82, 2.24) is 0 Å². The minimum Gasteiger partial charge on any atom is -0.462 e. The number of carbonyl (C=O) groups is 1. The summed E-state index contributed by atoms with van der Waals surface area (Å²) in [4.78, 5) is 41.1. The van der Waals surface area contributed by atoms with Gasteiger partial charge >= 0.3 is 17.3 Å². The highest BCUT2D eigenvalue weighted by molar-refractivity contribution is 5.86. The van der Waals surface area contributed by atoms with Crippen molar-refractivity contribution in [2.45, 2.75) is 19.8 Å². The Balaban J connectivity index is 3.04. The van der Waals surface area contributed by atoms with Crippen LogP contribution in [-0.2, 0) is 16.0 Å². The van der Waals surface area contributed by atoms with Crippen LogP contribution in [0.4, 0.5) is 17.1 Å². The summed E-state index contributed by atoms with van der Waals surface area (Å²) in [5.74, 6) is -0.626. The number of rotatable bonds is 8. The maximum atomic E-state index is 11.2. The second-order valence-corrected chi connectivity index (χ2v) is 4.76. The number of ether oxygens (including phenoxy) is 1. The Labute approximate surface area is 135 Å². The van der Waals surface area contributed by atoms with Gasteiger partial charge in [-0.2, -0.15) is 0 Å². The minimum absolute atomic E-state index is 0.0291. The molecule has 0 aromatic heterocycles. The van der Waals surface area contributed by atoms with Crippen molar-refractivity contribution in [3.63, 3.8) is 0 Å². The van der Waals surface area contributed by atoms with E-state index in [2.05, 4.69) is 6.58 Å². The van der Waals surface area contributed by atoms with Gasteiger partial charge in [0.25, 0.3) is 5.69 Å². The van der Waals surface area contributed by atoms with E-state index < -0.39 is 37.8 Å². The molecule has 0 spiro atoms. The van der Waals surface area contributed by atoms with Gasteiger partial charge in [0.15, 0.2) is 0 Å². The fourth-order valence-electron chi connectivity index (χ4n) is 1.82. The van der Waals surface area contributed by atoms with Crippen LogP contribution in [-0.4, -0.2) is 27.3 Å². The Bertz CT molecular complexity index is 728. The first-order chi connectivity index (χ1) is 11.1. The van der Waals surface area contributed by atoms with Crippen LogP contribution < -0.4 is 0 Å². The van der Waals surface area contributed by atoms with Crippen LogP contribution in [0.25, 0.3) is 0 Å². The smallest absolute Gasteiger partial charge is 0.352 e. The van der Waals surface area contributed by atoms with Gasteiger partial charge in [0.2, 0.25) is 0 Å². The van der Waals surface area contributed by atoms with Crippen molar-refractivity contribution in [2.75, 3.05) is 6.61 Å². The molecule has 0 heterocycles. The molecule has 0 radical (unpaired) electrons. The molecule has 24 heavy (non-hydrogen) atoms. The molecule has 11 heteroatoms. The molecule has 0 unspecified atom stereocenters. The molecule has 0 saturated heterocycles. The maximum Gasteiger partial charge on any atom is 0.352 e.